The van der Waals surface area contributed by atoms with Gasteiger partial charge in [0.25, 0.3) is 5.91 Å². The number of ketones is 1. The maximum atomic E-state index is 13.4. The fourth-order valence-electron chi connectivity index (χ4n) is 4.32. The highest BCUT2D eigenvalue weighted by atomic mass is 32.1. The number of pyridine rings is 1. The molecule has 0 aromatic carbocycles. The Labute approximate surface area is 174 Å². The molecular weight excluding hydrogens is 382 g/mol. The molecule has 6 heteroatoms. The van der Waals surface area contributed by atoms with Crippen molar-refractivity contribution < 1.29 is 9.59 Å². The van der Waals surface area contributed by atoms with E-state index < -0.39 is 0 Å². The van der Waals surface area contributed by atoms with Crippen LogP contribution in [0.25, 0.3) is 0 Å². The monoisotopic (exact) mass is 407 g/mol. The average molecular weight is 408 g/mol. The maximum Gasteiger partial charge on any atom is 0.255 e. The van der Waals surface area contributed by atoms with Crippen molar-refractivity contribution in [2.45, 2.75) is 52.9 Å². The molecule has 1 aliphatic heterocycles. The van der Waals surface area contributed by atoms with E-state index in [2.05, 4.69) is 35.5 Å². The number of dihydropyridines is 1. The van der Waals surface area contributed by atoms with Crippen molar-refractivity contribution in [3.05, 3.63) is 67.8 Å². The van der Waals surface area contributed by atoms with E-state index in [-0.39, 0.29) is 17.6 Å². The Bertz CT molecular complexity index is 1080. The first-order valence-electron chi connectivity index (χ1n) is 9.90. The van der Waals surface area contributed by atoms with Crippen LogP contribution in [0.15, 0.2) is 46.9 Å². The van der Waals surface area contributed by atoms with Crippen molar-refractivity contribution in [1.29, 1.82) is 0 Å². The van der Waals surface area contributed by atoms with E-state index in [9.17, 15) is 9.59 Å². The maximum absolute atomic E-state index is 13.4. The highest BCUT2D eigenvalue weighted by Gasteiger charge is 2.39. The second kappa shape index (κ2) is 7.59. The molecule has 1 atom stereocenters. The molecule has 0 saturated heterocycles. The summed E-state index contributed by atoms with van der Waals surface area (Å²) in [6, 6.07) is 5.85. The summed E-state index contributed by atoms with van der Waals surface area (Å²) in [6.07, 6.45) is 3.90. The Morgan fingerprint density at radius 3 is 2.69 bits per heavy atom. The van der Waals surface area contributed by atoms with Crippen LogP contribution in [0.5, 0.6) is 0 Å². The number of thiophene rings is 1. The SMILES string of the molecule is CC1=C(C(=O)Nc2cc(C)ccn2)C(c2cc(C)sc2C)C2=C(CCCC2=O)N1. The summed E-state index contributed by atoms with van der Waals surface area (Å²) in [4.78, 5) is 32.9. The van der Waals surface area contributed by atoms with Crippen LogP contribution in [0.4, 0.5) is 5.82 Å². The van der Waals surface area contributed by atoms with Gasteiger partial charge in [-0.05, 0) is 69.9 Å². The first kappa shape index (κ1) is 19.6. The Kier molecular flexibility index (Phi) is 5.13. The first-order chi connectivity index (χ1) is 13.8. The van der Waals surface area contributed by atoms with Crippen molar-refractivity contribution in [3.8, 4) is 0 Å². The lowest BCUT2D eigenvalue weighted by Gasteiger charge is -2.34. The van der Waals surface area contributed by atoms with Gasteiger partial charge in [0.05, 0.1) is 0 Å². The van der Waals surface area contributed by atoms with Gasteiger partial charge >= 0.3 is 0 Å². The van der Waals surface area contributed by atoms with Crippen LogP contribution in [0.3, 0.4) is 0 Å². The lowest BCUT2D eigenvalue weighted by Crippen LogP contribution is -2.35. The third-order valence-corrected chi connectivity index (χ3v) is 6.55. The molecule has 4 rings (SSSR count). The Morgan fingerprint density at radius 1 is 1.21 bits per heavy atom. The molecule has 29 heavy (non-hydrogen) atoms. The first-order valence-corrected chi connectivity index (χ1v) is 10.7. The number of nitrogens with one attached hydrogen (secondary N) is 2. The highest BCUT2D eigenvalue weighted by Crippen LogP contribution is 2.44. The van der Waals surface area contributed by atoms with Crippen LogP contribution in [-0.4, -0.2) is 16.7 Å². The standard InChI is InChI=1S/C23H25N3O2S/c1-12-8-9-24-19(10-12)26-23(28)20-14(3)25-17-6-5-7-18(27)22(17)21(20)16-11-13(2)29-15(16)4/h8-11,21,25H,5-7H2,1-4H3,(H,24,26,28). The predicted octanol–water partition coefficient (Wildman–Crippen LogP) is 4.67. The fourth-order valence-corrected chi connectivity index (χ4v) is 5.28. The minimum atomic E-state index is -0.339. The summed E-state index contributed by atoms with van der Waals surface area (Å²) >= 11 is 1.70. The second-order valence-corrected chi connectivity index (χ2v) is 9.27. The van der Waals surface area contributed by atoms with Crippen molar-refractivity contribution in [2.75, 3.05) is 5.32 Å². The molecule has 1 unspecified atom stereocenters. The molecule has 0 radical (unpaired) electrons. The predicted molar refractivity (Wildman–Crippen MR) is 116 cm³/mol. The average Bonchev–Trinajstić information content (AvgIpc) is 2.98. The number of carbonyl (C=O) groups is 2. The van der Waals surface area contributed by atoms with Gasteiger partial charge in [-0.15, -0.1) is 11.3 Å². The van der Waals surface area contributed by atoms with E-state index in [4.69, 9.17) is 0 Å². The zero-order chi connectivity index (χ0) is 20.7. The molecule has 1 amide bonds. The summed E-state index contributed by atoms with van der Waals surface area (Å²) in [5, 5.41) is 6.30. The molecule has 0 saturated carbocycles. The van der Waals surface area contributed by atoms with Gasteiger partial charge in [-0.25, -0.2) is 4.98 Å². The minimum Gasteiger partial charge on any atom is -0.362 e. The molecule has 2 N–H and O–H groups in total. The number of allylic oxidation sites excluding steroid dienone is 3. The van der Waals surface area contributed by atoms with E-state index in [1.807, 2.05) is 26.0 Å². The molecule has 2 aliphatic rings. The van der Waals surface area contributed by atoms with Crippen LogP contribution in [0.1, 0.15) is 53.0 Å². The summed E-state index contributed by atoms with van der Waals surface area (Å²) in [5.41, 5.74) is 5.21. The fraction of sp³-hybridized carbons (Fsp3) is 0.348. The second-order valence-electron chi connectivity index (χ2n) is 7.81. The van der Waals surface area contributed by atoms with E-state index in [1.54, 1.807) is 17.5 Å². The van der Waals surface area contributed by atoms with Gasteiger partial charge in [-0.1, -0.05) is 0 Å². The van der Waals surface area contributed by atoms with Gasteiger partial charge in [0.1, 0.15) is 5.82 Å². The number of nitrogens with zero attached hydrogens (tertiary/aromatic N) is 1. The number of anilines is 1. The van der Waals surface area contributed by atoms with E-state index in [0.29, 0.717) is 17.8 Å². The lowest BCUT2D eigenvalue weighted by molar-refractivity contribution is -0.116. The van der Waals surface area contributed by atoms with Gasteiger partial charge in [-0.3, -0.25) is 9.59 Å². The van der Waals surface area contributed by atoms with Crippen molar-refractivity contribution in [2.24, 2.45) is 0 Å². The van der Waals surface area contributed by atoms with Crippen LogP contribution < -0.4 is 10.6 Å². The minimum absolute atomic E-state index is 0.137. The molecule has 150 valence electrons. The van der Waals surface area contributed by atoms with Crippen molar-refractivity contribution >= 4 is 28.8 Å². The number of carbonyl (C=O) groups excluding carboxylic acids is 2. The molecule has 0 bridgehead atoms. The summed E-state index contributed by atoms with van der Waals surface area (Å²) in [6.45, 7) is 8.01. The number of aryl methyl sites for hydroxylation is 3. The van der Waals surface area contributed by atoms with Crippen LogP contribution in [0.2, 0.25) is 0 Å². The molecule has 1 aliphatic carbocycles. The number of Topliss-reactive ketones (excluding diaryl/α,β-unsaturated/α-hetero) is 1. The molecule has 3 heterocycles. The molecule has 5 nitrogen and oxygen atoms in total. The van der Waals surface area contributed by atoms with E-state index >= 15 is 0 Å². The lowest BCUT2D eigenvalue weighted by atomic mass is 9.75. The van der Waals surface area contributed by atoms with Gasteiger partial charge in [0, 0.05) is 50.8 Å². The molecule has 2 aromatic heterocycles. The molecule has 0 spiro atoms. The third kappa shape index (κ3) is 3.65. The summed E-state index contributed by atoms with van der Waals surface area (Å²) < 4.78 is 0. The van der Waals surface area contributed by atoms with Crippen LogP contribution in [0, 0.1) is 20.8 Å². The highest BCUT2D eigenvalue weighted by molar-refractivity contribution is 7.12. The Hall–Kier alpha value is -2.73. The Balaban J connectivity index is 1.81. The Morgan fingerprint density at radius 2 is 2.00 bits per heavy atom. The van der Waals surface area contributed by atoms with Gasteiger partial charge in [0.2, 0.25) is 0 Å². The van der Waals surface area contributed by atoms with Crippen molar-refractivity contribution in [3.63, 3.8) is 0 Å². The van der Waals surface area contributed by atoms with E-state index in [0.717, 1.165) is 45.8 Å². The topological polar surface area (TPSA) is 71.1 Å². The van der Waals surface area contributed by atoms with Gasteiger partial charge in [-0.2, -0.15) is 0 Å². The van der Waals surface area contributed by atoms with E-state index in [1.165, 1.54) is 4.88 Å². The summed E-state index contributed by atoms with van der Waals surface area (Å²) in [5.74, 6) is 0.0978. The number of hydrogen-bond acceptors (Lipinski definition) is 5. The zero-order valence-corrected chi connectivity index (χ0v) is 18.0. The molecule has 0 fully saturated rings. The van der Waals surface area contributed by atoms with Gasteiger partial charge < -0.3 is 10.6 Å². The summed E-state index contributed by atoms with van der Waals surface area (Å²) in [7, 11) is 0. The molecule has 2 aromatic rings. The quantitative estimate of drug-likeness (QED) is 0.775. The number of hydrogen-bond donors (Lipinski definition) is 2. The number of aromatic nitrogens is 1. The zero-order valence-electron chi connectivity index (χ0n) is 17.2. The van der Waals surface area contributed by atoms with Crippen LogP contribution >= 0.6 is 11.3 Å². The number of rotatable bonds is 3. The smallest absolute Gasteiger partial charge is 0.255 e. The largest absolute Gasteiger partial charge is 0.362 e. The molecular formula is C23H25N3O2S. The third-order valence-electron chi connectivity index (χ3n) is 5.57. The van der Waals surface area contributed by atoms with Crippen LogP contribution in [-0.2, 0) is 9.59 Å². The number of amides is 1. The van der Waals surface area contributed by atoms with Gasteiger partial charge in [0.15, 0.2) is 5.78 Å². The van der Waals surface area contributed by atoms with Crippen molar-refractivity contribution in [1.82, 2.24) is 10.3 Å². The normalized spacial score (nSPS) is 19.2.